The molecule has 0 saturated carbocycles. The number of nitrogens with zero attached hydrogens (tertiary/aromatic N) is 1. The Labute approximate surface area is 76.3 Å². The zero-order valence-electron chi connectivity index (χ0n) is 8.47. The van der Waals surface area contributed by atoms with E-state index in [9.17, 15) is 0 Å². The van der Waals surface area contributed by atoms with Gasteiger partial charge in [0.15, 0.2) is 0 Å². The van der Waals surface area contributed by atoms with E-state index in [0.717, 1.165) is 5.92 Å². The summed E-state index contributed by atoms with van der Waals surface area (Å²) in [4.78, 5) is 2.57. The van der Waals surface area contributed by atoms with Gasteiger partial charge in [-0.2, -0.15) is 0 Å². The summed E-state index contributed by atoms with van der Waals surface area (Å²) in [5.74, 6) is 0.903. The van der Waals surface area contributed by atoms with Gasteiger partial charge in [-0.15, -0.1) is 0 Å². The summed E-state index contributed by atoms with van der Waals surface area (Å²) >= 11 is 0. The Bertz CT molecular complexity index is 108. The number of piperazine rings is 1. The highest BCUT2D eigenvalue weighted by Crippen LogP contribution is 2.07. The van der Waals surface area contributed by atoms with Gasteiger partial charge in [0.25, 0.3) is 0 Å². The third-order valence-electron chi connectivity index (χ3n) is 2.84. The molecule has 0 spiro atoms. The highest BCUT2D eigenvalue weighted by molar-refractivity contribution is 4.68. The molecule has 2 nitrogen and oxygen atoms in total. The Balaban J connectivity index is 2.05. The van der Waals surface area contributed by atoms with Gasteiger partial charge in [0.2, 0.25) is 0 Å². The fourth-order valence-electron chi connectivity index (χ4n) is 1.54. The van der Waals surface area contributed by atoms with Gasteiger partial charge in [0, 0.05) is 26.2 Å². The lowest BCUT2D eigenvalue weighted by atomic mass is 10.1. The SMILES string of the molecule is CC[C@@H](C)CCN1CCNCC1. The first-order valence-corrected chi connectivity index (χ1v) is 5.26. The number of hydrogen-bond donors (Lipinski definition) is 1. The molecule has 0 bridgehead atoms. The van der Waals surface area contributed by atoms with E-state index in [0.29, 0.717) is 0 Å². The van der Waals surface area contributed by atoms with Crippen molar-refractivity contribution in [1.82, 2.24) is 10.2 Å². The lowest BCUT2D eigenvalue weighted by molar-refractivity contribution is 0.225. The predicted molar refractivity (Wildman–Crippen MR) is 53.4 cm³/mol. The van der Waals surface area contributed by atoms with Crippen molar-refractivity contribution in [3.8, 4) is 0 Å². The molecule has 0 radical (unpaired) electrons. The van der Waals surface area contributed by atoms with Crippen LogP contribution >= 0.6 is 0 Å². The molecule has 1 saturated heterocycles. The van der Waals surface area contributed by atoms with Crippen molar-refractivity contribution in [2.24, 2.45) is 5.92 Å². The van der Waals surface area contributed by atoms with Crippen molar-refractivity contribution in [1.29, 1.82) is 0 Å². The van der Waals surface area contributed by atoms with Crippen molar-refractivity contribution < 1.29 is 0 Å². The van der Waals surface area contributed by atoms with Gasteiger partial charge in [-0.1, -0.05) is 20.3 Å². The lowest BCUT2D eigenvalue weighted by Gasteiger charge is -2.27. The topological polar surface area (TPSA) is 15.3 Å². The monoisotopic (exact) mass is 170 g/mol. The van der Waals surface area contributed by atoms with Crippen molar-refractivity contribution in [2.45, 2.75) is 26.7 Å². The maximum atomic E-state index is 3.37. The Kier molecular flexibility index (Phi) is 4.62. The standard InChI is InChI=1S/C10H22N2/c1-3-10(2)4-7-12-8-5-11-6-9-12/h10-11H,3-9H2,1-2H3/t10-/m1/s1. The molecule has 12 heavy (non-hydrogen) atoms. The van der Waals surface area contributed by atoms with E-state index in [1.165, 1.54) is 45.6 Å². The van der Waals surface area contributed by atoms with Gasteiger partial charge in [-0.05, 0) is 18.9 Å². The third kappa shape index (κ3) is 3.55. The van der Waals surface area contributed by atoms with Gasteiger partial charge >= 0.3 is 0 Å². The highest BCUT2D eigenvalue weighted by Gasteiger charge is 2.09. The van der Waals surface area contributed by atoms with E-state index in [1.807, 2.05) is 0 Å². The second kappa shape index (κ2) is 5.55. The van der Waals surface area contributed by atoms with E-state index in [4.69, 9.17) is 0 Å². The smallest absolute Gasteiger partial charge is 0.0107 e. The van der Waals surface area contributed by atoms with Crippen LogP contribution in [0.15, 0.2) is 0 Å². The molecule has 0 aromatic heterocycles. The van der Waals surface area contributed by atoms with Gasteiger partial charge in [0.05, 0.1) is 0 Å². The molecule has 1 aliphatic rings. The van der Waals surface area contributed by atoms with Crippen LogP contribution in [0.1, 0.15) is 26.7 Å². The molecule has 0 aliphatic carbocycles. The van der Waals surface area contributed by atoms with Crippen LogP contribution in [-0.2, 0) is 0 Å². The summed E-state index contributed by atoms with van der Waals surface area (Å²) in [5, 5.41) is 3.37. The zero-order chi connectivity index (χ0) is 8.81. The Morgan fingerprint density at radius 2 is 2.00 bits per heavy atom. The van der Waals surface area contributed by atoms with Gasteiger partial charge in [-0.3, -0.25) is 0 Å². The largest absolute Gasteiger partial charge is 0.314 e. The van der Waals surface area contributed by atoms with E-state index in [2.05, 4.69) is 24.1 Å². The molecular weight excluding hydrogens is 148 g/mol. The van der Waals surface area contributed by atoms with Gasteiger partial charge in [0.1, 0.15) is 0 Å². The molecule has 1 heterocycles. The minimum absolute atomic E-state index is 0.903. The first kappa shape index (κ1) is 10.0. The first-order chi connectivity index (χ1) is 5.83. The average molecular weight is 170 g/mol. The van der Waals surface area contributed by atoms with Gasteiger partial charge < -0.3 is 10.2 Å². The van der Waals surface area contributed by atoms with Crippen molar-refractivity contribution in [2.75, 3.05) is 32.7 Å². The van der Waals surface area contributed by atoms with Crippen LogP contribution in [0.4, 0.5) is 0 Å². The molecule has 1 fully saturated rings. The fraction of sp³-hybridized carbons (Fsp3) is 1.00. The van der Waals surface area contributed by atoms with E-state index in [1.54, 1.807) is 0 Å². The van der Waals surface area contributed by atoms with E-state index < -0.39 is 0 Å². The average Bonchev–Trinajstić information content (AvgIpc) is 2.16. The highest BCUT2D eigenvalue weighted by atomic mass is 15.2. The molecule has 2 heteroatoms. The fourth-order valence-corrected chi connectivity index (χ4v) is 1.54. The van der Waals surface area contributed by atoms with Crippen molar-refractivity contribution >= 4 is 0 Å². The molecular formula is C10H22N2. The zero-order valence-corrected chi connectivity index (χ0v) is 8.47. The minimum atomic E-state index is 0.903. The molecule has 0 unspecified atom stereocenters. The Morgan fingerprint density at radius 3 is 2.58 bits per heavy atom. The maximum Gasteiger partial charge on any atom is 0.0107 e. The molecule has 0 amide bonds. The normalized spacial score (nSPS) is 22.5. The number of rotatable bonds is 4. The Morgan fingerprint density at radius 1 is 1.33 bits per heavy atom. The molecule has 0 aromatic carbocycles. The van der Waals surface area contributed by atoms with E-state index in [-0.39, 0.29) is 0 Å². The van der Waals surface area contributed by atoms with Crippen LogP contribution in [0.2, 0.25) is 0 Å². The van der Waals surface area contributed by atoms with Gasteiger partial charge in [-0.25, -0.2) is 0 Å². The van der Waals surface area contributed by atoms with Crippen LogP contribution in [0.3, 0.4) is 0 Å². The van der Waals surface area contributed by atoms with Crippen LogP contribution in [0.5, 0.6) is 0 Å². The summed E-state index contributed by atoms with van der Waals surface area (Å²) in [6.07, 6.45) is 2.70. The summed E-state index contributed by atoms with van der Waals surface area (Å²) in [6, 6.07) is 0. The predicted octanol–water partition coefficient (Wildman–Crippen LogP) is 1.33. The summed E-state index contributed by atoms with van der Waals surface area (Å²) in [7, 11) is 0. The lowest BCUT2D eigenvalue weighted by Crippen LogP contribution is -2.44. The summed E-state index contributed by atoms with van der Waals surface area (Å²) < 4.78 is 0. The molecule has 1 rings (SSSR count). The second-order valence-corrected chi connectivity index (χ2v) is 3.89. The van der Waals surface area contributed by atoms with Crippen molar-refractivity contribution in [3.63, 3.8) is 0 Å². The molecule has 1 N–H and O–H groups in total. The maximum absolute atomic E-state index is 3.37. The first-order valence-electron chi connectivity index (χ1n) is 5.26. The Hall–Kier alpha value is -0.0800. The van der Waals surface area contributed by atoms with Crippen LogP contribution in [0, 0.1) is 5.92 Å². The molecule has 1 aliphatic heterocycles. The third-order valence-corrected chi connectivity index (χ3v) is 2.84. The number of hydrogen-bond acceptors (Lipinski definition) is 2. The van der Waals surface area contributed by atoms with Crippen LogP contribution in [0.25, 0.3) is 0 Å². The molecule has 0 aromatic rings. The van der Waals surface area contributed by atoms with Crippen LogP contribution in [-0.4, -0.2) is 37.6 Å². The summed E-state index contributed by atoms with van der Waals surface area (Å²) in [6.45, 7) is 10.8. The van der Waals surface area contributed by atoms with Crippen molar-refractivity contribution in [3.05, 3.63) is 0 Å². The second-order valence-electron chi connectivity index (χ2n) is 3.89. The minimum Gasteiger partial charge on any atom is -0.314 e. The summed E-state index contributed by atoms with van der Waals surface area (Å²) in [5.41, 5.74) is 0. The van der Waals surface area contributed by atoms with E-state index >= 15 is 0 Å². The number of nitrogens with one attached hydrogen (secondary N) is 1. The molecule has 1 atom stereocenters. The quantitative estimate of drug-likeness (QED) is 0.684. The molecule has 72 valence electrons. The van der Waals surface area contributed by atoms with Crippen LogP contribution < -0.4 is 5.32 Å².